The molecule has 6 rings (SSSR count). The maximum absolute atomic E-state index is 13.8. The lowest BCUT2D eigenvalue weighted by Gasteiger charge is -2.17. The lowest BCUT2D eigenvalue weighted by molar-refractivity contribution is -0.385. The Bertz CT molecular complexity index is 2260. The number of nitrogens with zero attached hydrogens (tertiary/aromatic N) is 2. The number of carbonyl (C=O) groups is 3. The van der Waals surface area contributed by atoms with Gasteiger partial charge < -0.3 is 16.0 Å². The summed E-state index contributed by atoms with van der Waals surface area (Å²) < 4.78 is 0.955. The van der Waals surface area contributed by atoms with Crippen molar-refractivity contribution in [2.45, 2.75) is 10.1 Å². The quantitative estimate of drug-likeness (QED) is 0.0485. The van der Waals surface area contributed by atoms with E-state index in [-0.39, 0.29) is 22.9 Å². The second kappa shape index (κ2) is 16.9. The molecule has 1 aromatic heterocycles. The summed E-state index contributed by atoms with van der Waals surface area (Å²) in [7, 11) is 0. The Morgan fingerprint density at radius 2 is 1.52 bits per heavy atom. The van der Waals surface area contributed by atoms with Gasteiger partial charge in [0.15, 0.2) is 5.13 Å². The second-order valence-electron chi connectivity index (χ2n) is 11.1. The van der Waals surface area contributed by atoms with Crippen LogP contribution in [-0.4, -0.2) is 27.6 Å². The summed E-state index contributed by atoms with van der Waals surface area (Å²) in [6, 6.07) is 38.2. The Kier molecular flexibility index (Phi) is 11.7. The van der Waals surface area contributed by atoms with E-state index in [1.165, 1.54) is 47.4 Å². The predicted octanol–water partition coefficient (Wildman–Crippen LogP) is 9.36. The van der Waals surface area contributed by atoms with Crippen LogP contribution in [0.2, 0.25) is 0 Å². The third-order valence-corrected chi connectivity index (χ3v) is 10.1. The maximum Gasteiger partial charge on any atom is 0.276 e. The molecule has 0 bridgehead atoms. The molecule has 258 valence electrons. The molecule has 3 N–H and O–H groups in total. The van der Waals surface area contributed by atoms with Gasteiger partial charge in [-0.1, -0.05) is 94.8 Å². The zero-order valence-corrected chi connectivity index (χ0v) is 30.3. The van der Waals surface area contributed by atoms with Gasteiger partial charge in [-0.2, -0.15) is 0 Å². The zero-order chi connectivity index (χ0) is 36.5. The van der Waals surface area contributed by atoms with E-state index in [0.29, 0.717) is 21.3 Å². The molecule has 0 fully saturated rings. The molecule has 1 atom stereocenters. The van der Waals surface area contributed by atoms with E-state index in [1.807, 2.05) is 66.0 Å². The van der Waals surface area contributed by atoms with Gasteiger partial charge >= 0.3 is 0 Å². The van der Waals surface area contributed by atoms with Crippen LogP contribution >= 0.6 is 39.0 Å². The van der Waals surface area contributed by atoms with Crippen molar-refractivity contribution in [2.24, 2.45) is 0 Å². The lowest BCUT2D eigenvalue weighted by Crippen LogP contribution is -2.30. The van der Waals surface area contributed by atoms with Crippen molar-refractivity contribution in [1.82, 2.24) is 10.3 Å². The molecule has 0 aliphatic heterocycles. The van der Waals surface area contributed by atoms with Gasteiger partial charge in [-0.15, -0.1) is 23.1 Å². The van der Waals surface area contributed by atoms with Crippen LogP contribution in [0.3, 0.4) is 0 Å². The van der Waals surface area contributed by atoms with E-state index in [0.717, 1.165) is 21.3 Å². The van der Waals surface area contributed by atoms with Crippen LogP contribution in [0.15, 0.2) is 154 Å². The number of anilines is 2. The van der Waals surface area contributed by atoms with E-state index in [2.05, 4.69) is 36.9 Å². The van der Waals surface area contributed by atoms with Crippen molar-refractivity contribution in [2.75, 3.05) is 10.6 Å². The van der Waals surface area contributed by atoms with Crippen molar-refractivity contribution in [3.63, 3.8) is 0 Å². The lowest BCUT2D eigenvalue weighted by atomic mass is 10.1. The molecule has 0 aliphatic carbocycles. The Labute approximate surface area is 315 Å². The zero-order valence-electron chi connectivity index (χ0n) is 27.1. The largest absolute Gasteiger partial charge is 0.321 e. The average molecular weight is 791 g/mol. The summed E-state index contributed by atoms with van der Waals surface area (Å²) in [6.45, 7) is 0. The number of nitro benzene ring substituents is 1. The maximum atomic E-state index is 13.8. The number of rotatable bonds is 12. The van der Waals surface area contributed by atoms with Gasteiger partial charge in [0.2, 0.25) is 5.91 Å². The van der Waals surface area contributed by atoms with Crippen LogP contribution < -0.4 is 16.0 Å². The minimum absolute atomic E-state index is 0.135. The number of hydrogen-bond acceptors (Lipinski definition) is 8. The Balaban J connectivity index is 1.23. The first-order valence-corrected chi connectivity index (χ1v) is 18.3. The monoisotopic (exact) mass is 789 g/mol. The highest BCUT2D eigenvalue weighted by Crippen LogP contribution is 2.38. The number of nitro groups is 1. The summed E-state index contributed by atoms with van der Waals surface area (Å²) in [4.78, 5) is 57.0. The Morgan fingerprint density at radius 1 is 0.827 bits per heavy atom. The highest BCUT2D eigenvalue weighted by Gasteiger charge is 2.24. The number of halogens is 1. The second-order valence-corrected chi connectivity index (χ2v) is 14.1. The van der Waals surface area contributed by atoms with E-state index >= 15 is 0 Å². The van der Waals surface area contributed by atoms with Crippen LogP contribution in [0, 0.1) is 10.1 Å². The van der Waals surface area contributed by atoms with Gasteiger partial charge in [-0.25, -0.2) is 4.98 Å². The highest BCUT2D eigenvalue weighted by molar-refractivity contribution is 9.10. The van der Waals surface area contributed by atoms with Gasteiger partial charge in [0, 0.05) is 37.6 Å². The predicted molar refractivity (Wildman–Crippen MR) is 209 cm³/mol. The van der Waals surface area contributed by atoms with Gasteiger partial charge in [0.25, 0.3) is 17.5 Å². The minimum Gasteiger partial charge on any atom is -0.321 e. The average Bonchev–Trinajstić information content (AvgIpc) is 3.63. The molecule has 6 aromatic rings. The molecule has 1 unspecified atom stereocenters. The van der Waals surface area contributed by atoms with Crippen LogP contribution in [0.1, 0.15) is 26.7 Å². The molecule has 0 spiro atoms. The number of para-hydroxylation sites is 1. The molecule has 1 heterocycles. The summed E-state index contributed by atoms with van der Waals surface area (Å²) in [5.41, 5.74) is 2.82. The van der Waals surface area contributed by atoms with E-state index in [4.69, 9.17) is 0 Å². The fourth-order valence-electron chi connectivity index (χ4n) is 5.01. The first kappa shape index (κ1) is 35.9. The fraction of sp³-hybridized carbons (Fsp3) is 0.0256. The summed E-state index contributed by atoms with van der Waals surface area (Å²) in [5, 5.41) is 21.8. The first-order valence-electron chi connectivity index (χ1n) is 15.7. The molecule has 13 heteroatoms. The van der Waals surface area contributed by atoms with Gasteiger partial charge in [0.1, 0.15) is 10.9 Å². The van der Waals surface area contributed by atoms with Gasteiger partial charge in [0.05, 0.1) is 16.2 Å². The topological polar surface area (TPSA) is 143 Å². The third-order valence-electron chi connectivity index (χ3n) is 7.52. The molecular formula is C39H28BrN5O5S2. The van der Waals surface area contributed by atoms with Crippen molar-refractivity contribution in [3.05, 3.63) is 176 Å². The van der Waals surface area contributed by atoms with Crippen LogP contribution in [-0.2, 0) is 9.59 Å². The van der Waals surface area contributed by atoms with Crippen molar-refractivity contribution >= 4 is 79.3 Å². The third kappa shape index (κ3) is 9.26. The standard InChI is InChI=1S/C39H28BrN5O5S2/c40-29-20-18-25(19-21-29)33-24-51-39(43-33)44-38(48)35(26-10-3-1-4-11-26)52-31-16-9-15-30(23-31)41-37(47)32(42-36(46)27-12-5-2-6-13-27)22-28-14-7-8-17-34(28)45(49)50/h1-24,35H,(H,41,47)(H,42,46)(H,43,44,48)/b32-22+. The van der Waals surface area contributed by atoms with E-state index in [9.17, 15) is 24.5 Å². The Morgan fingerprint density at radius 3 is 2.25 bits per heavy atom. The van der Waals surface area contributed by atoms with E-state index < -0.39 is 22.0 Å². The number of thiazole rings is 1. The smallest absolute Gasteiger partial charge is 0.276 e. The number of amides is 3. The first-order chi connectivity index (χ1) is 25.2. The molecule has 52 heavy (non-hydrogen) atoms. The molecule has 0 saturated heterocycles. The fourth-order valence-corrected chi connectivity index (χ4v) is 7.08. The van der Waals surface area contributed by atoms with Crippen LogP contribution in [0.25, 0.3) is 17.3 Å². The number of hydrogen-bond donors (Lipinski definition) is 3. The number of thioether (sulfide) groups is 1. The van der Waals surface area contributed by atoms with Crippen molar-refractivity contribution in [3.8, 4) is 11.3 Å². The van der Waals surface area contributed by atoms with Crippen molar-refractivity contribution < 1.29 is 19.3 Å². The molecule has 0 aliphatic rings. The number of benzene rings is 5. The SMILES string of the molecule is O=C(Nc1cccc(SC(C(=O)Nc2nc(-c3ccc(Br)cc3)cs2)c2ccccc2)c1)/C(=C\c1ccccc1[N+](=O)[O-])NC(=O)c1ccccc1. The normalized spacial score (nSPS) is 11.7. The molecular weight excluding hydrogens is 762 g/mol. The summed E-state index contributed by atoms with van der Waals surface area (Å²) in [6.07, 6.45) is 1.27. The summed E-state index contributed by atoms with van der Waals surface area (Å²) in [5.74, 6) is -1.54. The molecule has 0 radical (unpaired) electrons. The number of carbonyl (C=O) groups excluding carboxylic acids is 3. The molecule has 5 aromatic carbocycles. The summed E-state index contributed by atoms with van der Waals surface area (Å²) >= 11 is 6.06. The van der Waals surface area contributed by atoms with E-state index in [1.54, 1.807) is 54.6 Å². The highest BCUT2D eigenvalue weighted by atomic mass is 79.9. The number of aromatic nitrogens is 1. The molecule has 0 saturated carbocycles. The minimum atomic E-state index is -0.702. The Hall–Kier alpha value is -5.89. The molecule has 3 amide bonds. The van der Waals surface area contributed by atoms with Gasteiger partial charge in [-0.05, 0) is 60.2 Å². The van der Waals surface area contributed by atoms with Crippen molar-refractivity contribution in [1.29, 1.82) is 0 Å². The number of nitrogens with one attached hydrogen (secondary N) is 3. The molecule has 10 nitrogen and oxygen atoms in total. The van der Waals surface area contributed by atoms with Crippen LogP contribution in [0.5, 0.6) is 0 Å². The van der Waals surface area contributed by atoms with Gasteiger partial charge in [-0.3, -0.25) is 24.5 Å². The van der Waals surface area contributed by atoms with Crippen LogP contribution in [0.4, 0.5) is 16.5 Å².